The molecule has 1 heterocycles. The predicted molar refractivity (Wildman–Crippen MR) is 108 cm³/mol. The Morgan fingerprint density at radius 2 is 0.963 bits per heavy atom. The van der Waals surface area contributed by atoms with Crippen LogP contribution in [0.1, 0.15) is 33.6 Å². The minimum absolute atomic E-state index is 0.156. The molecule has 3 aromatic rings. The van der Waals surface area contributed by atoms with Crippen LogP contribution in [0.5, 0.6) is 5.75 Å². The van der Waals surface area contributed by atoms with Gasteiger partial charge in [0.1, 0.15) is 5.75 Å². The molecule has 136 valence electrons. The number of aromatic hydroxyl groups is 1. The number of aromatic nitrogens is 1. The van der Waals surface area contributed by atoms with Gasteiger partial charge in [-0.3, -0.25) is 4.98 Å². The van der Waals surface area contributed by atoms with Crippen LogP contribution in [0.2, 0.25) is 0 Å². The Balaban J connectivity index is 1.70. The van der Waals surface area contributed by atoms with E-state index in [1.165, 1.54) is 0 Å². The summed E-state index contributed by atoms with van der Waals surface area (Å²) in [5.41, 5.74) is 5.11. The van der Waals surface area contributed by atoms with E-state index >= 15 is 0 Å². The summed E-state index contributed by atoms with van der Waals surface area (Å²) in [6, 6.07) is 18.7. The van der Waals surface area contributed by atoms with Gasteiger partial charge in [-0.2, -0.15) is 0 Å². The number of aliphatic hydroxyl groups excluding tert-OH is 2. The van der Waals surface area contributed by atoms with Gasteiger partial charge in [0.25, 0.3) is 0 Å². The molecule has 0 aliphatic carbocycles. The zero-order chi connectivity index (χ0) is 19.1. The Morgan fingerprint density at radius 3 is 1.37 bits per heavy atom. The lowest BCUT2D eigenvalue weighted by atomic mass is 10.1. The predicted octanol–water partition coefficient (Wildman–Crippen LogP) is 4.11. The molecule has 4 nitrogen and oxygen atoms in total. The number of benzene rings is 2. The topological polar surface area (TPSA) is 73.6 Å². The van der Waals surface area contributed by atoms with Gasteiger partial charge in [0.15, 0.2) is 0 Å². The van der Waals surface area contributed by atoms with Gasteiger partial charge in [0.2, 0.25) is 0 Å². The molecule has 0 unspecified atom stereocenters. The van der Waals surface area contributed by atoms with Gasteiger partial charge in [0.05, 0.1) is 24.6 Å². The number of nitrogens with zero attached hydrogens (tertiary/aromatic N) is 1. The highest BCUT2D eigenvalue weighted by Gasteiger charge is 2.00. The number of phenolic OH excluding ortho intramolecular Hbond substituents is 1. The van der Waals surface area contributed by atoms with E-state index in [2.05, 4.69) is 4.98 Å². The molecule has 3 N–H and O–H groups in total. The molecule has 0 saturated carbocycles. The smallest absolute Gasteiger partial charge is 0.115 e. The molecular weight excluding hydrogens is 338 g/mol. The van der Waals surface area contributed by atoms with Crippen LogP contribution >= 0.6 is 0 Å². The molecule has 0 spiro atoms. The molecule has 0 aliphatic heterocycles. The second-order valence-electron chi connectivity index (χ2n) is 6.12. The quantitative estimate of drug-likeness (QED) is 0.579. The number of hydrogen-bond acceptors (Lipinski definition) is 4. The van der Waals surface area contributed by atoms with Crippen LogP contribution in [0.15, 0.2) is 60.7 Å². The third kappa shape index (κ3) is 5.38. The standard InChI is InChI=1S/C23H21NO3/c25-15-21-13-20(14-22(16-26)24-21)8-7-18-3-1-17(2-4-18)5-6-19-9-11-23(27)12-10-19/h1-14,25-27H,15-16H2/b6-5+,8-7+. The van der Waals surface area contributed by atoms with E-state index in [0.29, 0.717) is 11.4 Å². The lowest BCUT2D eigenvalue weighted by Crippen LogP contribution is -1.96. The van der Waals surface area contributed by atoms with Gasteiger partial charge < -0.3 is 15.3 Å². The fourth-order valence-electron chi connectivity index (χ4n) is 2.62. The van der Waals surface area contributed by atoms with Gasteiger partial charge in [0, 0.05) is 0 Å². The highest BCUT2D eigenvalue weighted by molar-refractivity contribution is 5.73. The summed E-state index contributed by atoms with van der Waals surface area (Å²) >= 11 is 0. The van der Waals surface area contributed by atoms with Gasteiger partial charge in [-0.1, -0.05) is 60.7 Å². The zero-order valence-corrected chi connectivity index (χ0v) is 14.8. The van der Waals surface area contributed by atoms with Crippen molar-refractivity contribution in [3.63, 3.8) is 0 Å². The minimum Gasteiger partial charge on any atom is -0.508 e. The average Bonchev–Trinajstić information content (AvgIpc) is 2.72. The number of rotatable bonds is 6. The van der Waals surface area contributed by atoms with Crippen molar-refractivity contribution in [3.8, 4) is 5.75 Å². The minimum atomic E-state index is -0.156. The van der Waals surface area contributed by atoms with E-state index in [4.69, 9.17) is 0 Å². The van der Waals surface area contributed by atoms with Crippen LogP contribution in [-0.4, -0.2) is 20.3 Å². The number of pyridine rings is 1. The number of aliphatic hydroxyl groups is 2. The summed E-state index contributed by atoms with van der Waals surface area (Å²) in [7, 11) is 0. The van der Waals surface area contributed by atoms with E-state index in [1.54, 1.807) is 24.3 Å². The normalized spacial score (nSPS) is 11.5. The maximum absolute atomic E-state index is 9.31. The van der Waals surface area contributed by atoms with E-state index in [-0.39, 0.29) is 19.0 Å². The van der Waals surface area contributed by atoms with Crippen LogP contribution < -0.4 is 0 Å². The van der Waals surface area contributed by atoms with Crippen molar-refractivity contribution in [2.75, 3.05) is 0 Å². The van der Waals surface area contributed by atoms with E-state index in [9.17, 15) is 15.3 Å². The number of hydrogen-bond donors (Lipinski definition) is 3. The van der Waals surface area contributed by atoms with Crippen LogP contribution in [-0.2, 0) is 13.2 Å². The highest BCUT2D eigenvalue weighted by Crippen LogP contribution is 2.15. The fourth-order valence-corrected chi connectivity index (χ4v) is 2.62. The molecule has 0 aliphatic rings. The Bertz CT molecular complexity index is 920. The fraction of sp³-hybridized carbons (Fsp3) is 0.0870. The second-order valence-corrected chi connectivity index (χ2v) is 6.12. The first-order valence-electron chi connectivity index (χ1n) is 8.63. The van der Waals surface area contributed by atoms with Gasteiger partial charge in [-0.05, 0) is 46.5 Å². The molecule has 1 aromatic heterocycles. The van der Waals surface area contributed by atoms with Crippen LogP contribution in [0.25, 0.3) is 24.3 Å². The van der Waals surface area contributed by atoms with Crippen LogP contribution in [0.4, 0.5) is 0 Å². The van der Waals surface area contributed by atoms with Crippen LogP contribution in [0.3, 0.4) is 0 Å². The van der Waals surface area contributed by atoms with E-state index in [0.717, 1.165) is 22.3 Å². The average molecular weight is 359 g/mol. The molecule has 0 bridgehead atoms. The van der Waals surface area contributed by atoms with Crippen molar-refractivity contribution in [1.29, 1.82) is 0 Å². The first-order chi connectivity index (χ1) is 13.2. The molecule has 0 radical (unpaired) electrons. The van der Waals surface area contributed by atoms with Crippen molar-refractivity contribution in [2.24, 2.45) is 0 Å². The Kier molecular flexibility index (Phi) is 6.15. The monoisotopic (exact) mass is 359 g/mol. The number of phenols is 1. The maximum Gasteiger partial charge on any atom is 0.115 e. The maximum atomic E-state index is 9.31. The summed E-state index contributed by atoms with van der Waals surface area (Å²) in [6.07, 6.45) is 7.92. The first-order valence-corrected chi connectivity index (χ1v) is 8.63. The summed E-state index contributed by atoms with van der Waals surface area (Å²) in [5, 5.41) is 27.8. The zero-order valence-electron chi connectivity index (χ0n) is 14.8. The third-order valence-corrected chi connectivity index (χ3v) is 4.04. The molecule has 4 heteroatoms. The lowest BCUT2D eigenvalue weighted by molar-refractivity contribution is 0.265. The van der Waals surface area contributed by atoms with Crippen molar-refractivity contribution in [2.45, 2.75) is 13.2 Å². The Labute approximate surface area is 158 Å². The summed E-state index contributed by atoms with van der Waals surface area (Å²) in [5.74, 6) is 0.259. The van der Waals surface area contributed by atoms with Crippen LogP contribution in [0, 0.1) is 0 Å². The van der Waals surface area contributed by atoms with Gasteiger partial charge in [-0.25, -0.2) is 0 Å². The highest BCUT2D eigenvalue weighted by atomic mass is 16.3. The SMILES string of the molecule is OCc1cc(/C=C/c2ccc(/C=C/c3ccc(O)cc3)cc2)cc(CO)n1. The van der Waals surface area contributed by atoms with Gasteiger partial charge >= 0.3 is 0 Å². The summed E-state index contributed by atoms with van der Waals surface area (Å²) in [4.78, 5) is 4.13. The largest absolute Gasteiger partial charge is 0.508 e. The molecule has 0 amide bonds. The molecular formula is C23H21NO3. The molecule has 27 heavy (non-hydrogen) atoms. The summed E-state index contributed by atoms with van der Waals surface area (Å²) < 4.78 is 0. The van der Waals surface area contributed by atoms with E-state index < -0.39 is 0 Å². The molecule has 0 fully saturated rings. The Hall–Kier alpha value is -3.21. The second kappa shape index (κ2) is 8.94. The van der Waals surface area contributed by atoms with Crippen molar-refractivity contribution < 1.29 is 15.3 Å². The van der Waals surface area contributed by atoms with E-state index in [1.807, 2.05) is 60.7 Å². The third-order valence-electron chi connectivity index (χ3n) is 4.04. The van der Waals surface area contributed by atoms with Crippen molar-refractivity contribution >= 4 is 24.3 Å². The summed E-state index contributed by atoms with van der Waals surface area (Å²) in [6.45, 7) is -0.312. The lowest BCUT2D eigenvalue weighted by Gasteiger charge is -2.03. The Morgan fingerprint density at radius 1 is 0.593 bits per heavy atom. The van der Waals surface area contributed by atoms with Gasteiger partial charge in [-0.15, -0.1) is 0 Å². The first kappa shape index (κ1) is 18.6. The molecule has 0 saturated heterocycles. The van der Waals surface area contributed by atoms with Crippen molar-refractivity contribution in [1.82, 2.24) is 4.98 Å². The molecule has 3 rings (SSSR count). The molecule has 0 atom stereocenters. The van der Waals surface area contributed by atoms with Crippen molar-refractivity contribution in [3.05, 3.63) is 94.3 Å². The molecule has 2 aromatic carbocycles.